The van der Waals surface area contributed by atoms with Crippen molar-refractivity contribution < 1.29 is 9.59 Å². The molecule has 0 spiro atoms. The van der Waals surface area contributed by atoms with Crippen molar-refractivity contribution in [2.75, 3.05) is 5.75 Å². The highest BCUT2D eigenvalue weighted by atomic mass is 32.2. The molecule has 2 aliphatic rings. The van der Waals surface area contributed by atoms with Crippen LogP contribution in [0.1, 0.15) is 26.4 Å². The number of thioether (sulfide) groups is 1. The first-order valence-corrected chi connectivity index (χ1v) is 7.36. The summed E-state index contributed by atoms with van der Waals surface area (Å²) in [5.74, 6) is 0.577. The predicted molar refractivity (Wildman–Crippen MR) is 73.6 cm³/mol. The molecule has 6 heteroatoms. The van der Waals surface area contributed by atoms with Crippen LogP contribution in [0.25, 0.3) is 0 Å². The van der Waals surface area contributed by atoms with Crippen LogP contribution >= 0.6 is 11.8 Å². The van der Waals surface area contributed by atoms with Gasteiger partial charge < -0.3 is 4.57 Å². The van der Waals surface area contributed by atoms with Crippen molar-refractivity contribution in [2.24, 2.45) is 0 Å². The summed E-state index contributed by atoms with van der Waals surface area (Å²) in [5.41, 5.74) is 1.74. The molecule has 0 N–H and O–H groups in total. The number of imide groups is 1. The van der Waals surface area contributed by atoms with Gasteiger partial charge in [-0.3, -0.25) is 14.5 Å². The third kappa shape index (κ3) is 1.61. The number of amides is 2. The molecule has 0 aliphatic carbocycles. The molecular formula is C14H11N3O2S. The summed E-state index contributed by atoms with van der Waals surface area (Å²) >= 11 is 1.70. The lowest BCUT2D eigenvalue weighted by Gasteiger charge is -2.11. The summed E-state index contributed by atoms with van der Waals surface area (Å²) in [6.45, 7) is 1.18. The Kier molecular flexibility index (Phi) is 2.47. The molecule has 1 aromatic carbocycles. The van der Waals surface area contributed by atoms with Gasteiger partial charge in [-0.05, 0) is 12.1 Å². The maximum Gasteiger partial charge on any atom is 0.261 e. The average Bonchev–Trinajstić information content (AvgIpc) is 3.09. The van der Waals surface area contributed by atoms with E-state index in [2.05, 4.69) is 9.55 Å². The highest BCUT2D eigenvalue weighted by molar-refractivity contribution is 7.99. The lowest BCUT2D eigenvalue weighted by Crippen LogP contribution is -2.29. The maximum absolute atomic E-state index is 12.3. The van der Waals surface area contributed by atoms with Gasteiger partial charge in [0.05, 0.1) is 23.4 Å². The van der Waals surface area contributed by atoms with Gasteiger partial charge in [0.15, 0.2) is 5.16 Å². The van der Waals surface area contributed by atoms with Gasteiger partial charge in [-0.2, -0.15) is 0 Å². The zero-order valence-corrected chi connectivity index (χ0v) is 11.4. The van der Waals surface area contributed by atoms with E-state index in [-0.39, 0.29) is 18.4 Å². The van der Waals surface area contributed by atoms with Gasteiger partial charge in [0.25, 0.3) is 11.8 Å². The smallest absolute Gasteiger partial charge is 0.261 e. The Hall–Kier alpha value is -2.08. The number of aryl methyl sites for hydroxylation is 1. The summed E-state index contributed by atoms with van der Waals surface area (Å²) < 4.78 is 2.07. The molecule has 100 valence electrons. The SMILES string of the molecule is O=C1c2ccccc2C(=O)N1Cc1cn2c(n1)SCC2. The maximum atomic E-state index is 12.3. The Morgan fingerprint density at radius 1 is 1.15 bits per heavy atom. The van der Waals surface area contributed by atoms with E-state index in [0.29, 0.717) is 11.1 Å². The number of rotatable bonds is 2. The Morgan fingerprint density at radius 2 is 1.85 bits per heavy atom. The number of aromatic nitrogens is 2. The Bertz CT molecular complexity index is 681. The van der Waals surface area contributed by atoms with E-state index in [0.717, 1.165) is 23.1 Å². The number of benzene rings is 1. The fraction of sp³-hybridized carbons (Fsp3) is 0.214. The molecule has 5 nitrogen and oxygen atoms in total. The van der Waals surface area contributed by atoms with Gasteiger partial charge in [-0.1, -0.05) is 23.9 Å². The Labute approximate surface area is 119 Å². The number of hydrogen-bond acceptors (Lipinski definition) is 4. The van der Waals surface area contributed by atoms with E-state index in [1.54, 1.807) is 36.0 Å². The van der Waals surface area contributed by atoms with Crippen LogP contribution in [0.4, 0.5) is 0 Å². The summed E-state index contributed by atoms with van der Waals surface area (Å²) in [5, 5.41) is 0.969. The van der Waals surface area contributed by atoms with E-state index in [9.17, 15) is 9.59 Å². The molecule has 2 aromatic rings. The normalized spacial score (nSPS) is 16.7. The van der Waals surface area contributed by atoms with Crippen molar-refractivity contribution in [2.45, 2.75) is 18.2 Å². The second kappa shape index (κ2) is 4.21. The molecule has 2 aliphatic heterocycles. The largest absolute Gasteiger partial charge is 0.325 e. The third-order valence-electron chi connectivity index (χ3n) is 3.55. The molecule has 4 rings (SSSR count). The van der Waals surface area contributed by atoms with Crippen LogP contribution in [-0.2, 0) is 13.1 Å². The summed E-state index contributed by atoms with van der Waals surface area (Å²) in [4.78, 5) is 30.2. The molecule has 0 atom stereocenters. The molecule has 0 radical (unpaired) electrons. The van der Waals surface area contributed by atoms with Crippen LogP contribution < -0.4 is 0 Å². The van der Waals surface area contributed by atoms with Crippen LogP contribution in [0.2, 0.25) is 0 Å². The standard InChI is InChI=1S/C14H11N3O2S/c18-12-10-3-1-2-4-11(10)13(19)17(12)8-9-7-16-5-6-20-14(16)15-9/h1-4,7H,5-6,8H2. The second-order valence-corrected chi connectivity index (χ2v) is 5.86. The number of imidazole rings is 1. The Morgan fingerprint density at radius 3 is 2.50 bits per heavy atom. The first-order valence-electron chi connectivity index (χ1n) is 6.38. The van der Waals surface area contributed by atoms with Crippen molar-refractivity contribution >= 4 is 23.6 Å². The third-order valence-corrected chi connectivity index (χ3v) is 4.52. The molecular weight excluding hydrogens is 274 g/mol. The van der Waals surface area contributed by atoms with Crippen LogP contribution in [0.5, 0.6) is 0 Å². The minimum atomic E-state index is -0.230. The molecule has 0 saturated carbocycles. The van der Waals surface area contributed by atoms with Gasteiger partial charge in [0.2, 0.25) is 0 Å². The van der Waals surface area contributed by atoms with Crippen LogP contribution in [-0.4, -0.2) is 32.0 Å². The fourth-order valence-corrected chi connectivity index (χ4v) is 3.54. The summed E-state index contributed by atoms with van der Waals surface area (Å²) in [6.07, 6.45) is 1.93. The zero-order chi connectivity index (χ0) is 13.7. The van der Waals surface area contributed by atoms with Crippen LogP contribution in [0.15, 0.2) is 35.6 Å². The number of carbonyl (C=O) groups excluding carboxylic acids is 2. The second-order valence-electron chi connectivity index (χ2n) is 4.80. The molecule has 20 heavy (non-hydrogen) atoms. The van der Waals surface area contributed by atoms with E-state index in [1.165, 1.54) is 4.90 Å². The van der Waals surface area contributed by atoms with Crippen LogP contribution in [0, 0.1) is 0 Å². The topological polar surface area (TPSA) is 55.2 Å². The van der Waals surface area contributed by atoms with Crippen molar-refractivity contribution in [3.8, 4) is 0 Å². The lowest BCUT2D eigenvalue weighted by atomic mass is 10.1. The van der Waals surface area contributed by atoms with Gasteiger partial charge in [-0.25, -0.2) is 4.98 Å². The summed E-state index contributed by atoms with van der Waals surface area (Å²) in [6, 6.07) is 6.93. The molecule has 0 unspecified atom stereocenters. The monoisotopic (exact) mass is 285 g/mol. The molecule has 0 saturated heterocycles. The predicted octanol–water partition coefficient (Wildman–Crippen LogP) is 1.79. The quantitative estimate of drug-likeness (QED) is 0.789. The molecule has 0 bridgehead atoms. The zero-order valence-electron chi connectivity index (χ0n) is 10.6. The van der Waals surface area contributed by atoms with E-state index >= 15 is 0 Å². The number of carbonyl (C=O) groups is 2. The molecule has 3 heterocycles. The van der Waals surface area contributed by atoms with Gasteiger partial charge in [0.1, 0.15) is 0 Å². The van der Waals surface area contributed by atoms with Crippen molar-refractivity contribution in [1.82, 2.24) is 14.5 Å². The van der Waals surface area contributed by atoms with E-state index < -0.39 is 0 Å². The van der Waals surface area contributed by atoms with Crippen molar-refractivity contribution in [1.29, 1.82) is 0 Å². The molecule has 1 aromatic heterocycles. The minimum absolute atomic E-state index is 0.230. The van der Waals surface area contributed by atoms with Crippen molar-refractivity contribution in [3.63, 3.8) is 0 Å². The van der Waals surface area contributed by atoms with Gasteiger partial charge in [-0.15, -0.1) is 0 Å². The molecule has 2 amide bonds. The first-order chi connectivity index (χ1) is 9.74. The van der Waals surface area contributed by atoms with Gasteiger partial charge in [0, 0.05) is 18.5 Å². The van der Waals surface area contributed by atoms with E-state index in [1.807, 2.05) is 6.20 Å². The first kappa shape index (κ1) is 11.7. The lowest BCUT2D eigenvalue weighted by molar-refractivity contribution is 0.0640. The molecule has 0 fully saturated rings. The number of nitrogens with zero attached hydrogens (tertiary/aromatic N) is 3. The van der Waals surface area contributed by atoms with Crippen LogP contribution in [0.3, 0.4) is 0 Å². The average molecular weight is 285 g/mol. The highest BCUT2D eigenvalue weighted by Gasteiger charge is 2.35. The highest BCUT2D eigenvalue weighted by Crippen LogP contribution is 2.27. The van der Waals surface area contributed by atoms with Gasteiger partial charge >= 0.3 is 0 Å². The summed E-state index contributed by atoms with van der Waals surface area (Å²) in [7, 11) is 0. The van der Waals surface area contributed by atoms with Crippen molar-refractivity contribution in [3.05, 3.63) is 47.3 Å². The Balaban J connectivity index is 1.64. The fourth-order valence-electron chi connectivity index (χ4n) is 2.58. The number of hydrogen-bond donors (Lipinski definition) is 0. The van der Waals surface area contributed by atoms with E-state index in [4.69, 9.17) is 0 Å². The number of fused-ring (bicyclic) bond motifs is 2. The minimum Gasteiger partial charge on any atom is -0.325 e.